The minimum Gasteiger partial charge on any atom is -0.496 e. The SMILES string of the molecule is COc1cc(C(F)(F)F)ccc1CCCCN. The van der Waals surface area contributed by atoms with E-state index in [1.807, 2.05) is 0 Å². The van der Waals surface area contributed by atoms with Crippen LogP contribution in [0.2, 0.25) is 0 Å². The fourth-order valence-corrected chi connectivity index (χ4v) is 1.59. The molecule has 0 aliphatic rings. The van der Waals surface area contributed by atoms with Gasteiger partial charge in [0, 0.05) is 0 Å². The highest BCUT2D eigenvalue weighted by atomic mass is 19.4. The van der Waals surface area contributed by atoms with Crippen LogP contribution < -0.4 is 10.5 Å². The molecule has 0 saturated carbocycles. The number of hydrogen-bond donors (Lipinski definition) is 1. The molecule has 0 amide bonds. The Morgan fingerprint density at radius 1 is 1.24 bits per heavy atom. The second kappa shape index (κ2) is 5.91. The molecular formula is C12H16F3NO. The van der Waals surface area contributed by atoms with Crippen molar-refractivity contribution < 1.29 is 17.9 Å². The molecule has 1 aromatic carbocycles. The van der Waals surface area contributed by atoms with Crippen molar-refractivity contribution in [3.05, 3.63) is 29.3 Å². The largest absolute Gasteiger partial charge is 0.496 e. The third-order valence-corrected chi connectivity index (χ3v) is 2.51. The lowest BCUT2D eigenvalue weighted by molar-refractivity contribution is -0.137. The lowest BCUT2D eigenvalue weighted by Gasteiger charge is -2.12. The van der Waals surface area contributed by atoms with Crippen molar-refractivity contribution in [3.63, 3.8) is 0 Å². The molecule has 0 unspecified atom stereocenters. The van der Waals surface area contributed by atoms with E-state index in [1.54, 1.807) is 0 Å². The van der Waals surface area contributed by atoms with Crippen LogP contribution in [0.3, 0.4) is 0 Å². The summed E-state index contributed by atoms with van der Waals surface area (Å²) in [5.74, 6) is 0.289. The molecule has 0 radical (unpaired) electrons. The molecule has 0 fully saturated rings. The van der Waals surface area contributed by atoms with Crippen LogP contribution in [-0.2, 0) is 12.6 Å². The number of methoxy groups -OCH3 is 1. The molecule has 17 heavy (non-hydrogen) atoms. The van der Waals surface area contributed by atoms with E-state index in [4.69, 9.17) is 10.5 Å². The Morgan fingerprint density at radius 3 is 2.47 bits per heavy atom. The molecular weight excluding hydrogens is 231 g/mol. The minimum absolute atomic E-state index is 0.289. The lowest BCUT2D eigenvalue weighted by Crippen LogP contribution is -2.06. The Labute approximate surface area is 98.6 Å². The van der Waals surface area contributed by atoms with Crippen LogP contribution in [0.25, 0.3) is 0 Å². The summed E-state index contributed by atoms with van der Waals surface area (Å²) in [6, 6.07) is 3.59. The Kier molecular flexibility index (Phi) is 4.81. The first kappa shape index (κ1) is 13.8. The van der Waals surface area contributed by atoms with Crippen LogP contribution >= 0.6 is 0 Å². The average molecular weight is 247 g/mol. The normalized spacial score (nSPS) is 11.6. The van der Waals surface area contributed by atoms with Crippen LogP contribution in [0.1, 0.15) is 24.0 Å². The van der Waals surface area contributed by atoms with E-state index in [0.717, 1.165) is 30.5 Å². The van der Waals surface area contributed by atoms with Gasteiger partial charge in [0.2, 0.25) is 0 Å². The van der Waals surface area contributed by atoms with Gasteiger partial charge in [0.1, 0.15) is 5.75 Å². The number of alkyl halides is 3. The molecule has 0 aromatic heterocycles. The smallest absolute Gasteiger partial charge is 0.416 e. The molecule has 2 N–H and O–H groups in total. The van der Waals surface area contributed by atoms with Gasteiger partial charge in [-0.2, -0.15) is 13.2 Å². The maximum atomic E-state index is 12.5. The van der Waals surface area contributed by atoms with Gasteiger partial charge in [-0.1, -0.05) is 6.07 Å². The molecule has 96 valence electrons. The summed E-state index contributed by atoms with van der Waals surface area (Å²) in [5, 5.41) is 0. The molecule has 0 atom stereocenters. The monoisotopic (exact) mass is 247 g/mol. The fourth-order valence-electron chi connectivity index (χ4n) is 1.59. The number of aryl methyl sites for hydroxylation is 1. The zero-order valence-electron chi connectivity index (χ0n) is 9.68. The quantitative estimate of drug-likeness (QED) is 0.812. The second-order valence-corrected chi connectivity index (χ2v) is 3.77. The predicted octanol–water partition coefficient (Wildman–Crippen LogP) is 3.00. The summed E-state index contributed by atoms with van der Waals surface area (Å²) in [4.78, 5) is 0. The fraction of sp³-hybridized carbons (Fsp3) is 0.500. The average Bonchev–Trinajstić information content (AvgIpc) is 2.28. The highest BCUT2D eigenvalue weighted by Crippen LogP contribution is 2.33. The van der Waals surface area contributed by atoms with Crippen molar-refractivity contribution in [2.24, 2.45) is 5.73 Å². The first-order valence-corrected chi connectivity index (χ1v) is 5.43. The Bertz CT molecular complexity index is 363. The van der Waals surface area contributed by atoms with E-state index in [9.17, 15) is 13.2 Å². The number of benzene rings is 1. The van der Waals surface area contributed by atoms with Gasteiger partial charge in [0.05, 0.1) is 12.7 Å². The summed E-state index contributed by atoms with van der Waals surface area (Å²) in [5.41, 5.74) is 5.47. The lowest BCUT2D eigenvalue weighted by atomic mass is 10.0. The summed E-state index contributed by atoms with van der Waals surface area (Å²) in [6.07, 6.45) is -1.95. The Hall–Kier alpha value is -1.23. The number of hydrogen-bond acceptors (Lipinski definition) is 2. The number of rotatable bonds is 5. The highest BCUT2D eigenvalue weighted by molar-refractivity contribution is 5.38. The van der Waals surface area contributed by atoms with Gasteiger partial charge in [-0.3, -0.25) is 0 Å². The first-order chi connectivity index (χ1) is 7.99. The number of ether oxygens (including phenoxy) is 1. The van der Waals surface area contributed by atoms with Gasteiger partial charge in [0.15, 0.2) is 0 Å². The van der Waals surface area contributed by atoms with E-state index < -0.39 is 11.7 Å². The molecule has 0 aliphatic heterocycles. The van der Waals surface area contributed by atoms with E-state index in [-0.39, 0.29) is 5.75 Å². The summed E-state index contributed by atoms with van der Waals surface area (Å²) < 4.78 is 42.4. The topological polar surface area (TPSA) is 35.2 Å². The predicted molar refractivity (Wildman–Crippen MR) is 60.0 cm³/mol. The van der Waals surface area contributed by atoms with Crippen molar-refractivity contribution in [1.29, 1.82) is 0 Å². The van der Waals surface area contributed by atoms with E-state index >= 15 is 0 Å². The first-order valence-electron chi connectivity index (χ1n) is 5.43. The summed E-state index contributed by atoms with van der Waals surface area (Å²) in [6.45, 7) is 0.586. The third kappa shape index (κ3) is 3.93. The zero-order valence-corrected chi connectivity index (χ0v) is 9.68. The maximum Gasteiger partial charge on any atom is 0.416 e. The minimum atomic E-state index is -4.33. The molecule has 1 aromatic rings. The van der Waals surface area contributed by atoms with E-state index in [0.29, 0.717) is 13.0 Å². The van der Waals surface area contributed by atoms with E-state index in [2.05, 4.69) is 0 Å². The van der Waals surface area contributed by atoms with Crippen LogP contribution in [0, 0.1) is 0 Å². The van der Waals surface area contributed by atoms with Gasteiger partial charge >= 0.3 is 6.18 Å². The summed E-state index contributed by atoms with van der Waals surface area (Å²) in [7, 11) is 1.38. The number of nitrogens with two attached hydrogens (primary N) is 1. The Balaban J connectivity index is 2.86. The van der Waals surface area contributed by atoms with Gasteiger partial charge < -0.3 is 10.5 Å². The molecule has 1 rings (SSSR count). The maximum absolute atomic E-state index is 12.5. The molecule has 0 heterocycles. The molecule has 0 saturated heterocycles. The van der Waals surface area contributed by atoms with Crippen molar-refractivity contribution in [2.75, 3.05) is 13.7 Å². The van der Waals surface area contributed by atoms with E-state index in [1.165, 1.54) is 13.2 Å². The second-order valence-electron chi connectivity index (χ2n) is 3.77. The number of unbranched alkanes of at least 4 members (excludes halogenated alkanes) is 1. The van der Waals surface area contributed by atoms with Crippen LogP contribution in [-0.4, -0.2) is 13.7 Å². The zero-order chi connectivity index (χ0) is 12.9. The van der Waals surface area contributed by atoms with Crippen LogP contribution in [0.15, 0.2) is 18.2 Å². The number of halogens is 3. The van der Waals surface area contributed by atoms with Gasteiger partial charge in [-0.25, -0.2) is 0 Å². The standard InChI is InChI=1S/C12H16F3NO/c1-17-11-8-10(12(13,14)15)6-5-9(11)4-2-3-7-16/h5-6,8H,2-4,7,16H2,1H3. The summed E-state index contributed by atoms with van der Waals surface area (Å²) >= 11 is 0. The van der Waals surface area contributed by atoms with Gasteiger partial charge in [0.25, 0.3) is 0 Å². The molecule has 2 nitrogen and oxygen atoms in total. The third-order valence-electron chi connectivity index (χ3n) is 2.51. The van der Waals surface area contributed by atoms with Crippen molar-refractivity contribution >= 4 is 0 Å². The molecule has 5 heteroatoms. The van der Waals surface area contributed by atoms with Gasteiger partial charge in [-0.05, 0) is 43.5 Å². The molecule has 0 aliphatic carbocycles. The van der Waals surface area contributed by atoms with Crippen LogP contribution in [0.4, 0.5) is 13.2 Å². The van der Waals surface area contributed by atoms with Gasteiger partial charge in [-0.15, -0.1) is 0 Å². The molecule has 0 spiro atoms. The van der Waals surface area contributed by atoms with Crippen molar-refractivity contribution in [1.82, 2.24) is 0 Å². The highest BCUT2D eigenvalue weighted by Gasteiger charge is 2.31. The van der Waals surface area contributed by atoms with Crippen molar-refractivity contribution in [2.45, 2.75) is 25.4 Å². The Morgan fingerprint density at radius 2 is 1.94 bits per heavy atom. The van der Waals surface area contributed by atoms with Crippen LogP contribution in [0.5, 0.6) is 5.75 Å². The van der Waals surface area contributed by atoms with Crippen molar-refractivity contribution in [3.8, 4) is 5.75 Å². The molecule has 0 bridgehead atoms.